The highest BCUT2D eigenvalue weighted by Gasteiger charge is 2.05. The summed E-state index contributed by atoms with van der Waals surface area (Å²) < 4.78 is 0. The fourth-order valence-electron chi connectivity index (χ4n) is 2.82. The number of hydrogen-bond donors (Lipinski definition) is 1. The van der Waals surface area contributed by atoms with E-state index in [4.69, 9.17) is 0 Å². The molecule has 0 aliphatic heterocycles. The van der Waals surface area contributed by atoms with Gasteiger partial charge in [-0.05, 0) is 47.0 Å². The van der Waals surface area contributed by atoms with Crippen LogP contribution in [0.25, 0.3) is 32.9 Å². The Kier molecular flexibility index (Phi) is 2.40. The largest absolute Gasteiger partial charge is 0.355 e. The number of aromatic nitrogens is 1. The molecule has 4 aromatic rings. The van der Waals surface area contributed by atoms with Gasteiger partial charge in [-0.3, -0.25) is 0 Å². The third-order valence-corrected chi connectivity index (χ3v) is 3.94. The molecule has 1 heterocycles. The van der Waals surface area contributed by atoms with E-state index in [1.54, 1.807) is 0 Å². The number of nitrogens with one attached hydrogen (secondary N) is 1. The molecular formula is C19H15N. The third-order valence-electron chi connectivity index (χ3n) is 3.94. The van der Waals surface area contributed by atoms with Crippen LogP contribution < -0.4 is 0 Å². The molecule has 0 aliphatic rings. The first-order chi connectivity index (χ1) is 9.81. The number of fused-ring (bicyclic) bond motifs is 2. The van der Waals surface area contributed by atoms with Gasteiger partial charge in [0.15, 0.2) is 0 Å². The van der Waals surface area contributed by atoms with E-state index in [0.717, 1.165) is 0 Å². The Morgan fingerprint density at radius 2 is 1.60 bits per heavy atom. The summed E-state index contributed by atoms with van der Waals surface area (Å²) in [5, 5.41) is 3.86. The molecule has 20 heavy (non-hydrogen) atoms. The quantitative estimate of drug-likeness (QED) is 0.476. The summed E-state index contributed by atoms with van der Waals surface area (Å²) in [7, 11) is 0. The number of aromatic amines is 1. The lowest BCUT2D eigenvalue weighted by atomic mass is 10.0. The minimum atomic E-state index is 1.18. The highest BCUT2D eigenvalue weighted by Crippen LogP contribution is 2.28. The molecule has 0 saturated heterocycles. The summed E-state index contributed by atoms with van der Waals surface area (Å²) in [5.74, 6) is 0. The molecule has 3 aromatic carbocycles. The van der Waals surface area contributed by atoms with E-state index in [1.807, 2.05) is 0 Å². The molecule has 96 valence electrons. The van der Waals surface area contributed by atoms with Gasteiger partial charge >= 0.3 is 0 Å². The van der Waals surface area contributed by atoms with Crippen LogP contribution in [0.1, 0.15) is 5.56 Å². The normalized spacial score (nSPS) is 11.2. The van der Waals surface area contributed by atoms with E-state index >= 15 is 0 Å². The highest BCUT2D eigenvalue weighted by molar-refractivity contribution is 5.91. The average Bonchev–Trinajstić information content (AvgIpc) is 2.92. The molecule has 0 spiro atoms. The predicted molar refractivity (Wildman–Crippen MR) is 86.0 cm³/mol. The zero-order chi connectivity index (χ0) is 13.5. The molecule has 0 fully saturated rings. The zero-order valence-corrected chi connectivity index (χ0v) is 11.4. The monoisotopic (exact) mass is 257 g/mol. The summed E-state index contributed by atoms with van der Waals surface area (Å²) in [6.45, 7) is 2.15. The maximum atomic E-state index is 3.52. The van der Waals surface area contributed by atoms with Crippen LogP contribution in [0.15, 0.2) is 66.7 Å². The molecular weight excluding hydrogens is 242 g/mol. The van der Waals surface area contributed by atoms with Crippen LogP contribution in [0.5, 0.6) is 0 Å². The van der Waals surface area contributed by atoms with Crippen LogP contribution in [0, 0.1) is 6.92 Å². The van der Waals surface area contributed by atoms with Crippen molar-refractivity contribution in [2.24, 2.45) is 0 Å². The molecule has 0 aliphatic carbocycles. The second-order valence-electron chi connectivity index (χ2n) is 5.28. The van der Waals surface area contributed by atoms with Crippen molar-refractivity contribution in [3.8, 4) is 11.3 Å². The molecule has 0 unspecified atom stereocenters. The van der Waals surface area contributed by atoms with Crippen molar-refractivity contribution in [1.82, 2.24) is 4.98 Å². The van der Waals surface area contributed by atoms with Crippen molar-refractivity contribution in [2.45, 2.75) is 6.92 Å². The molecule has 0 saturated carbocycles. The number of aryl methyl sites for hydroxylation is 1. The van der Waals surface area contributed by atoms with E-state index in [1.165, 1.54) is 38.5 Å². The Labute approximate surface area is 117 Å². The first-order valence-corrected chi connectivity index (χ1v) is 6.89. The van der Waals surface area contributed by atoms with Crippen molar-refractivity contribution in [3.63, 3.8) is 0 Å². The fraction of sp³-hybridized carbons (Fsp3) is 0.0526. The van der Waals surface area contributed by atoms with Gasteiger partial charge in [0.2, 0.25) is 0 Å². The van der Waals surface area contributed by atoms with Gasteiger partial charge in [0.1, 0.15) is 0 Å². The SMILES string of the molecule is Cc1cccc2[nH]c(-c3ccc4ccccc4c3)cc12. The van der Waals surface area contributed by atoms with Gasteiger partial charge in [0, 0.05) is 16.6 Å². The maximum Gasteiger partial charge on any atom is 0.0465 e. The second kappa shape index (κ2) is 4.24. The number of benzene rings is 3. The number of hydrogen-bond acceptors (Lipinski definition) is 0. The lowest BCUT2D eigenvalue weighted by Crippen LogP contribution is -1.78. The Morgan fingerprint density at radius 1 is 0.750 bits per heavy atom. The van der Waals surface area contributed by atoms with E-state index in [9.17, 15) is 0 Å². The molecule has 4 rings (SSSR count). The van der Waals surface area contributed by atoms with Gasteiger partial charge in [-0.2, -0.15) is 0 Å². The van der Waals surface area contributed by atoms with Crippen LogP contribution in [-0.4, -0.2) is 4.98 Å². The lowest BCUT2D eigenvalue weighted by molar-refractivity contribution is 1.45. The highest BCUT2D eigenvalue weighted by atomic mass is 14.7. The summed E-state index contributed by atoms with van der Waals surface area (Å²) >= 11 is 0. The molecule has 0 atom stereocenters. The summed E-state index contributed by atoms with van der Waals surface area (Å²) in [6.07, 6.45) is 0. The van der Waals surface area contributed by atoms with Gasteiger partial charge in [-0.25, -0.2) is 0 Å². The first-order valence-electron chi connectivity index (χ1n) is 6.89. The van der Waals surface area contributed by atoms with Crippen LogP contribution >= 0.6 is 0 Å². The van der Waals surface area contributed by atoms with E-state index in [-0.39, 0.29) is 0 Å². The molecule has 0 bridgehead atoms. The zero-order valence-electron chi connectivity index (χ0n) is 11.4. The molecule has 1 aromatic heterocycles. The second-order valence-corrected chi connectivity index (χ2v) is 5.28. The fourth-order valence-corrected chi connectivity index (χ4v) is 2.82. The van der Waals surface area contributed by atoms with E-state index in [0.29, 0.717) is 0 Å². The minimum absolute atomic E-state index is 1.18. The molecule has 1 heteroatoms. The predicted octanol–water partition coefficient (Wildman–Crippen LogP) is 5.30. The van der Waals surface area contributed by atoms with Crippen LogP contribution in [0.4, 0.5) is 0 Å². The number of rotatable bonds is 1. The van der Waals surface area contributed by atoms with Crippen LogP contribution in [-0.2, 0) is 0 Å². The Bertz CT molecular complexity index is 915. The van der Waals surface area contributed by atoms with Gasteiger partial charge in [-0.1, -0.05) is 48.5 Å². The topological polar surface area (TPSA) is 15.8 Å². The first kappa shape index (κ1) is 11.3. The van der Waals surface area contributed by atoms with E-state index < -0.39 is 0 Å². The van der Waals surface area contributed by atoms with Crippen molar-refractivity contribution in [1.29, 1.82) is 0 Å². The van der Waals surface area contributed by atoms with Crippen LogP contribution in [0.3, 0.4) is 0 Å². The van der Waals surface area contributed by atoms with Crippen molar-refractivity contribution in [2.75, 3.05) is 0 Å². The lowest BCUT2D eigenvalue weighted by Gasteiger charge is -2.01. The summed E-state index contributed by atoms with van der Waals surface area (Å²) in [6, 6.07) is 23.7. The average molecular weight is 257 g/mol. The van der Waals surface area contributed by atoms with Crippen molar-refractivity contribution >= 4 is 21.7 Å². The smallest absolute Gasteiger partial charge is 0.0465 e. The standard InChI is InChI=1S/C19H15N/c1-13-5-4-8-18-17(13)12-19(20-18)16-10-9-14-6-2-3-7-15(14)11-16/h2-12,20H,1H3. The Morgan fingerprint density at radius 3 is 2.45 bits per heavy atom. The maximum absolute atomic E-state index is 3.52. The number of H-pyrrole nitrogens is 1. The van der Waals surface area contributed by atoms with Crippen LogP contribution in [0.2, 0.25) is 0 Å². The Balaban J connectivity index is 1.94. The van der Waals surface area contributed by atoms with E-state index in [2.05, 4.69) is 78.6 Å². The molecule has 1 nitrogen and oxygen atoms in total. The van der Waals surface area contributed by atoms with Crippen molar-refractivity contribution < 1.29 is 0 Å². The molecule has 0 radical (unpaired) electrons. The minimum Gasteiger partial charge on any atom is -0.355 e. The summed E-state index contributed by atoms with van der Waals surface area (Å²) in [5.41, 5.74) is 4.93. The summed E-state index contributed by atoms with van der Waals surface area (Å²) in [4.78, 5) is 3.52. The molecule has 1 N–H and O–H groups in total. The Hall–Kier alpha value is -2.54. The van der Waals surface area contributed by atoms with Gasteiger partial charge in [0.05, 0.1) is 0 Å². The van der Waals surface area contributed by atoms with Crippen molar-refractivity contribution in [3.05, 3.63) is 72.3 Å². The molecule has 0 amide bonds. The van der Waals surface area contributed by atoms with Gasteiger partial charge in [-0.15, -0.1) is 0 Å². The third kappa shape index (κ3) is 1.71. The van der Waals surface area contributed by atoms with Gasteiger partial charge < -0.3 is 4.98 Å². The van der Waals surface area contributed by atoms with Gasteiger partial charge in [0.25, 0.3) is 0 Å².